The lowest BCUT2D eigenvalue weighted by Gasteiger charge is -2.45. The second-order valence-electron chi connectivity index (χ2n) is 9.37. The molecule has 2 aromatic carbocycles. The third kappa shape index (κ3) is 4.23. The number of nitro groups is 1. The van der Waals surface area contributed by atoms with Crippen molar-refractivity contribution in [1.82, 2.24) is 4.57 Å². The predicted molar refractivity (Wildman–Crippen MR) is 142 cm³/mol. The van der Waals surface area contributed by atoms with Gasteiger partial charge < -0.3 is 13.9 Å². The molecule has 39 heavy (non-hydrogen) atoms. The van der Waals surface area contributed by atoms with Gasteiger partial charge in [0.1, 0.15) is 35.6 Å². The highest BCUT2D eigenvalue weighted by atomic mass is 35.5. The number of para-hydroxylation sites is 1. The number of thiazole rings is 1. The van der Waals surface area contributed by atoms with Gasteiger partial charge in [0.2, 0.25) is 5.72 Å². The van der Waals surface area contributed by atoms with E-state index in [0.717, 1.165) is 5.56 Å². The minimum Gasteiger partial charge on any atom is -0.479 e. The van der Waals surface area contributed by atoms with E-state index < -0.39 is 22.6 Å². The number of carbonyl (C=O) groups excluding carboxylic acids is 1. The van der Waals surface area contributed by atoms with Gasteiger partial charge in [0.25, 0.3) is 5.56 Å². The summed E-state index contributed by atoms with van der Waals surface area (Å²) < 4.78 is 19.5. The van der Waals surface area contributed by atoms with Crippen molar-refractivity contribution >= 4 is 40.5 Å². The number of halogens is 1. The van der Waals surface area contributed by atoms with Gasteiger partial charge >= 0.3 is 5.69 Å². The van der Waals surface area contributed by atoms with E-state index >= 15 is 0 Å². The molecule has 4 heterocycles. The van der Waals surface area contributed by atoms with Crippen molar-refractivity contribution in [2.24, 2.45) is 10.9 Å². The van der Waals surface area contributed by atoms with Crippen LogP contribution in [0.25, 0.3) is 6.08 Å². The SMILES string of the molecule is CC(=O)[C@H]1[C@@H]2c3ccccc3O[C@]1(C)N=c1s/c(=C/c3ccc(COc4ccc(Cl)cc4[N+](=O)[O-])o3)c(=O)n12. The fourth-order valence-corrected chi connectivity index (χ4v) is 6.38. The summed E-state index contributed by atoms with van der Waals surface area (Å²) in [6.07, 6.45) is 1.60. The van der Waals surface area contributed by atoms with Crippen LogP contribution in [0.4, 0.5) is 5.69 Å². The van der Waals surface area contributed by atoms with Crippen molar-refractivity contribution in [3.8, 4) is 11.5 Å². The van der Waals surface area contributed by atoms with E-state index in [4.69, 9.17) is 30.5 Å². The average molecular weight is 566 g/mol. The first kappa shape index (κ1) is 25.1. The first-order valence-corrected chi connectivity index (χ1v) is 13.1. The lowest BCUT2D eigenvalue weighted by atomic mass is 9.79. The molecular formula is C27H20ClN3O7S. The van der Waals surface area contributed by atoms with Crippen LogP contribution in [0.5, 0.6) is 11.5 Å². The molecule has 0 fully saturated rings. The second kappa shape index (κ2) is 9.21. The molecule has 12 heteroatoms. The van der Waals surface area contributed by atoms with Gasteiger partial charge in [-0.1, -0.05) is 41.1 Å². The highest BCUT2D eigenvalue weighted by molar-refractivity contribution is 7.07. The molecular weight excluding hydrogens is 546 g/mol. The van der Waals surface area contributed by atoms with Gasteiger partial charge in [-0.25, -0.2) is 4.99 Å². The standard InChI is InChI=1S/C27H20ClN3O7S/c1-14(32)23-24-18-5-3-4-6-20(18)38-27(23,2)29-26-30(24)25(33)22(39-26)12-16-8-9-17(37-16)13-36-21-10-7-15(28)11-19(21)31(34)35/h3-12,23-24H,13H2,1-2H3/b22-12+/t23-,24-,27-/m0/s1. The molecule has 2 bridgehead atoms. The maximum absolute atomic E-state index is 13.6. The predicted octanol–water partition coefficient (Wildman–Crippen LogP) is 4.01. The number of nitrogens with zero attached hydrogens (tertiary/aromatic N) is 3. The van der Waals surface area contributed by atoms with Crippen LogP contribution in [-0.2, 0) is 11.4 Å². The molecule has 198 valence electrons. The van der Waals surface area contributed by atoms with Crippen molar-refractivity contribution in [1.29, 1.82) is 0 Å². The van der Waals surface area contributed by atoms with Gasteiger partial charge in [0.05, 0.1) is 15.5 Å². The topological polar surface area (TPSA) is 126 Å². The number of ketones is 1. The molecule has 0 saturated carbocycles. The molecule has 2 aliphatic rings. The highest BCUT2D eigenvalue weighted by Crippen LogP contribution is 2.47. The van der Waals surface area contributed by atoms with Crippen molar-refractivity contribution < 1.29 is 23.6 Å². The number of Topliss-reactive ketones (excluding diaryl/α,β-unsaturated/α-hetero) is 1. The fourth-order valence-electron chi connectivity index (χ4n) is 5.14. The molecule has 0 amide bonds. The maximum atomic E-state index is 13.6. The molecule has 3 atom stereocenters. The first-order valence-electron chi connectivity index (χ1n) is 11.9. The lowest BCUT2D eigenvalue weighted by Crippen LogP contribution is -2.58. The highest BCUT2D eigenvalue weighted by Gasteiger charge is 2.53. The third-order valence-electron chi connectivity index (χ3n) is 6.76. The van der Waals surface area contributed by atoms with Crippen LogP contribution < -0.4 is 24.4 Å². The molecule has 0 radical (unpaired) electrons. The van der Waals surface area contributed by atoms with Gasteiger partial charge in [-0.05, 0) is 44.2 Å². The van der Waals surface area contributed by atoms with Crippen LogP contribution in [0.1, 0.15) is 37.0 Å². The normalized spacial score (nSPS) is 21.4. The number of rotatable bonds is 6. The summed E-state index contributed by atoms with van der Waals surface area (Å²) >= 11 is 7.04. The number of benzene rings is 2. The van der Waals surface area contributed by atoms with Gasteiger partial charge in [-0.15, -0.1) is 0 Å². The van der Waals surface area contributed by atoms with E-state index in [-0.39, 0.29) is 34.4 Å². The Morgan fingerprint density at radius 1 is 1.28 bits per heavy atom. The van der Waals surface area contributed by atoms with Gasteiger partial charge in [0.15, 0.2) is 10.6 Å². The zero-order chi connectivity index (χ0) is 27.5. The van der Waals surface area contributed by atoms with Crippen LogP contribution in [0.15, 0.2) is 68.8 Å². The quantitative estimate of drug-likeness (QED) is 0.255. The number of hydrogen-bond acceptors (Lipinski definition) is 9. The first-order chi connectivity index (χ1) is 18.6. The van der Waals surface area contributed by atoms with Gasteiger partial charge in [0, 0.05) is 22.7 Å². The molecule has 0 aliphatic carbocycles. The molecule has 0 unspecified atom stereocenters. The van der Waals surface area contributed by atoms with Crippen molar-refractivity contribution in [2.45, 2.75) is 32.2 Å². The zero-order valence-electron chi connectivity index (χ0n) is 20.6. The maximum Gasteiger partial charge on any atom is 0.312 e. The molecule has 4 aromatic rings. The second-order valence-corrected chi connectivity index (χ2v) is 10.8. The van der Waals surface area contributed by atoms with E-state index in [1.165, 1.54) is 36.5 Å². The summed E-state index contributed by atoms with van der Waals surface area (Å²) in [5, 5.41) is 11.5. The average Bonchev–Trinajstić information content (AvgIpc) is 3.45. The number of fused-ring (bicyclic) bond motifs is 6. The Labute approximate surface area is 229 Å². The number of ether oxygens (including phenoxy) is 2. The molecule has 2 aromatic heterocycles. The minimum atomic E-state index is -1.14. The molecule has 0 saturated heterocycles. The zero-order valence-corrected chi connectivity index (χ0v) is 22.2. The van der Waals surface area contributed by atoms with E-state index in [9.17, 15) is 19.7 Å². The van der Waals surface area contributed by atoms with Gasteiger partial charge in [-0.3, -0.25) is 24.3 Å². The Morgan fingerprint density at radius 3 is 2.85 bits per heavy atom. The molecule has 0 spiro atoms. The Kier molecular flexibility index (Phi) is 5.92. The fraction of sp³-hybridized carbons (Fsp3) is 0.222. The van der Waals surface area contributed by atoms with Crippen LogP contribution in [0, 0.1) is 16.0 Å². The summed E-state index contributed by atoms with van der Waals surface area (Å²) in [4.78, 5) is 42.3. The summed E-state index contributed by atoms with van der Waals surface area (Å²) in [6, 6.07) is 14.3. The monoisotopic (exact) mass is 565 g/mol. The smallest absolute Gasteiger partial charge is 0.312 e. The number of carbonyl (C=O) groups is 1. The summed E-state index contributed by atoms with van der Waals surface area (Å²) in [5.41, 5.74) is -0.930. The van der Waals surface area contributed by atoms with Crippen molar-refractivity contribution in [2.75, 3.05) is 0 Å². The van der Waals surface area contributed by atoms with Crippen LogP contribution in [0.2, 0.25) is 5.02 Å². The number of nitro benzene ring substituents is 1. The Balaban J connectivity index is 1.35. The summed E-state index contributed by atoms with van der Waals surface area (Å²) in [6.45, 7) is 3.19. The van der Waals surface area contributed by atoms with E-state index in [1.807, 2.05) is 24.3 Å². The summed E-state index contributed by atoms with van der Waals surface area (Å²) in [5.74, 6) is 0.663. The number of aromatic nitrogens is 1. The number of hydrogen-bond donors (Lipinski definition) is 0. The lowest BCUT2D eigenvalue weighted by molar-refractivity contribution is -0.385. The Morgan fingerprint density at radius 2 is 2.08 bits per heavy atom. The summed E-state index contributed by atoms with van der Waals surface area (Å²) in [7, 11) is 0. The van der Waals surface area contributed by atoms with E-state index in [1.54, 1.807) is 29.7 Å². The molecule has 6 rings (SSSR count). The van der Waals surface area contributed by atoms with Crippen molar-refractivity contribution in [3.05, 3.63) is 107 Å². The molecule has 2 aliphatic heterocycles. The molecule has 10 nitrogen and oxygen atoms in total. The van der Waals surface area contributed by atoms with Crippen molar-refractivity contribution in [3.63, 3.8) is 0 Å². The Hall–Kier alpha value is -4.22. The number of furan rings is 1. The van der Waals surface area contributed by atoms with E-state index in [0.29, 0.717) is 26.6 Å². The minimum absolute atomic E-state index is 0.0549. The van der Waals surface area contributed by atoms with Gasteiger partial charge in [-0.2, -0.15) is 0 Å². The van der Waals surface area contributed by atoms with E-state index in [2.05, 4.69) is 0 Å². The van der Waals surface area contributed by atoms with Crippen LogP contribution >= 0.6 is 22.9 Å². The Bertz CT molecular complexity index is 1840. The van der Waals surface area contributed by atoms with Crippen LogP contribution in [0.3, 0.4) is 0 Å². The van der Waals surface area contributed by atoms with Crippen LogP contribution in [-0.4, -0.2) is 21.0 Å². The third-order valence-corrected chi connectivity index (χ3v) is 7.98. The largest absolute Gasteiger partial charge is 0.479 e. The molecule has 0 N–H and O–H groups in total.